The number of hydrogen-bond donors (Lipinski definition) is 1. The summed E-state index contributed by atoms with van der Waals surface area (Å²) in [5.74, 6) is -0.640. The zero-order valence-electron chi connectivity index (χ0n) is 15.0. The minimum atomic E-state index is -3.59. The predicted octanol–water partition coefficient (Wildman–Crippen LogP) is 2.18. The Morgan fingerprint density at radius 2 is 2.07 bits per heavy atom. The number of anilines is 2. The number of hydrogen-bond acceptors (Lipinski definition) is 5. The molecule has 1 aliphatic rings. The van der Waals surface area contributed by atoms with Gasteiger partial charge in [0.05, 0.1) is 22.5 Å². The van der Waals surface area contributed by atoms with Crippen molar-refractivity contribution >= 4 is 33.0 Å². The molecule has 142 valence electrons. The summed E-state index contributed by atoms with van der Waals surface area (Å²) in [6.07, 6.45) is 3.98. The lowest BCUT2D eigenvalue weighted by molar-refractivity contribution is -0.118. The molecular formula is C19H21N3O4S. The van der Waals surface area contributed by atoms with Crippen molar-refractivity contribution in [2.45, 2.75) is 31.1 Å². The number of fused-ring (bicyclic) bond motifs is 1. The summed E-state index contributed by atoms with van der Waals surface area (Å²) >= 11 is 0. The minimum Gasteiger partial charge on any atom is -0.325 e. The van der Waals surface area contributed by atoms with Crippen LogP contribution in [0.1, 0.15) is 25.3 Å². The molecule has 0 fully saturated rings. The van der Waals surface area contributed by atoms with Crippen LogP contribution in [0.5, 0.6) is 0 Å². The van der Waals surface area contributed by atoms with Crippen LogP contribution in [0, 0.1) is 0 Å². The van der Waals surface area contributed by atoms with Gasteiger partial charge in [0, 0.05) is 31.3 Å². The average Bonchev–Trinajstić information content (AvgIpc) is 3.10. The van der Waals surface area contributed by atoms with E-state index >= 15 is 0 Å². The Bertz CT molecular complexity index is 958. The molecule has 0 radical (unpaired) electrons. The predicted molar refractivity (Wildman–Crippen MR) is 102 cm³/mol. The fourth-order valence-corrected chi connectivity index (χ4v) is 4.31. The third kappa shape index (κ3) is 4.33. The van der Waals surface area contributed by atoms with Crippen molar-refractivity contribution in [3.63, 3.8) is 0 Å². The Kier molecular flexibility index (Phi) is 5.55. The fourth-order valence-electron chi connectivity index (χ4n) is 3.03. The molecule has 0 aliphatic carbocycles. The van der Waals surface area contributed by atoms with Crippen molar-refractivity contribution in [2.24, 2.45) is 0 Å². The maximum Gasteiger partial charge on any atom is 0.226 e. The molecule has 0 spiro atoms. The van der Waals surface area contributed by atoms with Crippen molar-refractivity contribution < 1.29 is 18.0 Å². The molecule has 0 saturated heterocycles. The molecule has 0 bridgehead atoms. The lowest BCUT2D eigenvalue weighted by atomic mass is 10.2. The lowest BCUT2D eigenvalue weighted by Crippen LogP contribution is -2.27. The van der Waals surface area contributed by atoms with Crippen LogP contribution in [-0.2, 0) is 25.8 Å². The molecule has 3 rings (SSSR count). The fraction of sp³-hybridized carbons (Fsp3) is 0.316. The summed E-state index contributed by atoms with van der Waals surface area (Å²) in [6, 6.07) is 8.17. The minimum absolute atomic E-state index is 0.0245. The first-order chi connectivity index (χ1) is 12.9. The van der Waals surface area contributed by atoms with Gasteiger partial charge < -0.3 is 10.2 Å². The third-order valence-electron chi connectivity index (χ3n) is 4.45. The van der Waals surface area contributed by atoms with Crippen LogP contribution in [0.15, 0.2) is 47.6 Å². The number of aromatic nitrogens is 1. The largest absolute Gasteiger partial charge is 0.325 e. The molecule has 2 heterocycles. The van der Waals surface area contributed by atoms with Gasteiger partial charge in [-0.1, -0.05) is 6.92 Å². The first-order valence-electron chi connectivity index (χ1n) is 8.76. The number of benzene rings is 1. The summed E-state index contributed by atoms with van der Waals surface area (Å²) in [7, 11) is -3.59. The number of rotatable bonds is 6. The summed E-state index contributed by atoms with van der Waals surface area (Å²) in [5.41, 5.74) is 2.14. The smallest absolute Gasteiger partial charge is 0.226 e. The molecule has 2 amide bonds. The van der Waals surface area contributed by atoms with E-state index in [1.807, 2.05) is 0 Å². The van der Waals surface area contributed by atoms with Crippen LogP contribution in [0.2, 0.25) is 0 Å². The van der Waals surface area contributed by atoms with Gasteiger partial charge in [-0.2, -0.15) is 0 Å². The zero-order valence-corrected chi connectivity index (χ0v) is 15.8. The van der Waals surface area contributed by atoms with Gasteiger partial charge in [0.1, 0.15) is 0 Å². The van der Waals surface area contributed by atoms with E-state index in [2.05, 4.69) is 10.3 Å². The highest BCUT2D eigenvalue weighted by Gasteiger charge is 2.26. The monoisotopic (exact) mass is 387 g/mol. The maximum absolute atomic E-state index is 12.6. The molecule has 27 heavy (non-hydrogen) atoms. The molecule has 8 heteroatoms. The Balaban J connectivity index is 1.67. The van der Waals surface area contributed by atoms with Crippen molar-refractivity contribution in [3.8, 4) is 0 Å². The van der Waals surface area contributed by atoms with E-state index in [-0.39, 0.29) is 28.9 Å². The third-order valence-corrected chi connectivity index (χ3v) is 6.17. The highest BCUT2D eigenvalue weighted by atomic mass is 32.2. The lowest BCUT2D eigenvalue weighted by Gasteiger charge is -2.16. The van der Waals surface area contributed by atoms with Gasteiger partial charge in [-0.05, 0) is 42.3 Å². The van der Waals surface area contributed by atoms with E-state index in [1.165, 1.54) is 12.3 Å². The Hall–Kier alpha value is -2.74. The number of sulfone groups is 1. The van der Waals surface area contributed by atoms with Gasteiger partial charge in [0.15, 0.2) is 9.84 Å². The van der Waals surface area contributed by atoms with Crippen LogP contribution in [0.3, 0.4) is 0 Å². The molecule has 1 aromatic heterocycles. The quantitative estimate of drug-likeness (QED) is 0.819. The number of carbonyl (C=O) groups excluding carboxylic acids is 2. The van der Waals surface area contributed by atoms with Crippen molar-refractivity contribution in [3.05, 3.63) is 48.3 Å². The summed E-state index contributed by atoms with van der Waals surface area (Å²) in [4.78, 5) is 29.7. The number of nitrogens with one attached hydrogen (secondary N) is 1. The number of pyridine rings is 1. The van der Waals surface area contributed by atoms with Crippen LogP contribution in [-0.4, -0.2) is 37.5 Å². The van der Waals surface area contributed by atoms with Crippen LogP contribution < -0.4 is 10.2 Å². The van der Waals surface area contributed by atoms with Gasteiger partial charge in [0.2, 0.25) is 11.8 Å². The van der Waals surface area contributed by atoms with Gasteiger partial charge >= 0.3 is 0 Å². The summed E-state index contributed by atoms with van der Waals surface area (Å²) in [5, 5.41) is 2.62. The van der Waals surface area contributed by atoms with Crippen LogP contribution >= 0.6 is 0 Å². The van der Waals surface area contributed by atoms with Crippen LogP contribution in [0.25, 0.3) is 0 Å². The Morgan fingerprint density at radius 3 is 2.78 bits per heavy atom. The summed E-state index contributed by atoms with van der Waals surface area (Å²) < 4.78 is 25.2. The molecule has 0 saturated carbocycles. The Labute approximate surface area is 158 Å². The Morgan fingerprint density at radius 1 is 1.26 bits per heavy atom. The average molecular weight is 387 g/mol. The molecule has 2 aromatic rings. The van der Waals surface area contributed by atoms with E-state index in [0.717, 1.165) is 11.3 Å². The number of nitrogens with zero attached hydrogens (tertiary/aromatic N) is 2. The van der Waals surface area contributed by atoms with Crippen molar-refractivity contribution in [1.29, 1.82) is 0 Å². The molecule has 1 aliphatic heterocycles. The maximum atomic E-state index is 12.6. The molecule has 7 nitrogen and oxygen atoms in total. The van der Waals surface area contributed by atoms with Gasteiger partial charge in [0.25, 0.3) is 0 Å². The first-order valence-corrected chi connectivity index (χ1v) is 10.4. The van der Waals surface area contributed by atoms with Crippen molar-refractivity contribution in [2.75, 3.05) is 22.5 Å². The van der Waals surface area contributed by atoms with E-state index < -0.39 is 9.84 Å². The van der Waals surface area contributed by atoms with Gasteiger partial charge in [-0.3, -0.25) is 14.6 Å². The standard InChI is InChI=1S/C19H21N3O4S/c1-2-19(24)22-10-7-14-12-16(5-6-17(14)22)27(25,26)11-8-18(23)21-15-4-3-9-20-13-15/h3-6,9,12-13H,2,7-8,10-11H2,1H3,(H,21,23). The van der Waals surface area contributed by atoms with Gasteiger partial charge in [-0.25, -0.2) is 8.42 Å². The SMILES string of the molecule is CCC(=O)N1CCc2cc(S(=O)(=O)CCC(=O)Nc3cccnc3)ccc21. The topological polar surface area (TPSA) is 96.4 Å². The second-order valence-corrected chi connectivity index (χ2v) is 8.41. The van der Waals surface area contributed by atoms with Crippen molar-refractivity contribution in [1.82, 2.24) is 4.98 Å². The van der Waals surface area contributed by atoms with E-state index in [0.29, 0.717) is 25.1 Å². The molecule has 1 aromatic carbocycles. The molecule has 0 unspecified atom stereocenters. The normalized spacial score (nSPS) is 13.3. The second kappa shape index (κ2) is 7.87. The van der Waals surface area contributed by atoms with E-state index in [9.17, 15) is 18.0 Å². The molecule has 1 N–H and O–H groups in total. The highest BCUT2D eigenvalue weighted by molar-refractivity contribution is 7.91. The summed E-state index contributed by atoms with van der Waals surface area (Å²) in [6.45, 7) is 2.37. The van der Waals surface area contributed by atoms with Gasteiger partial charge in [-0.15, -0.1) is 0 Å². The second-order valence-electron chi connectivity index (χ2n) is 6.30. The first kappa shape index (κ1) is 19.0. The zero-order chi connectivity index (χ0) is 19.4. The van der Waals surface area contributed by atoms with E-state index in [1.54, 1.807) is 42.3 Å². The number of carbonyl (C=O) groups is 2. The molecular weight excluding hydrogens is 366 g/mol. The van der Waals surface area contributed by atoms with Crippen LogP contribution in [0.4, 0.5) is 11.4 Å². The highest BCUT2D eigenvalue weighted by Crippen LogP contribution is 2.31. The number of amides is 2. The molecule has 0 atom stereocenters. The van der Waals surface area contributed by atoms with E-state index in [4.69, 9.17) is 0 Å².